The molecule has 6 heteroatoms. The average molecular weight is 362 g/mol. The minimum absolute atomic E-state index is 0. The largest absolute Gasteiger partial charge is 0.478 e. The molecule has 27 heavy (non-hydrogen) atoms. The number of hydrogen-bond donors (Lipinski definition) is 2. The lowest BCUT2D eigenvalue weighted by Crippen LogP contribution is -2.27. The van der Waals surface area contributed by atoms with Crippen LogP contribution >= 0.6 is 0 Å². The molecule has 0 aliphatic rings. The van der Waals surface area contributed by atoms with Gasteiger partial charge in [-0.05, 0) is 49.6 Å². The molecule has 0 bridgehead atoms. The van der Waals surface area contributed by atoms with Gasteiger partial charge in [-0.3, -0.25) is 0 Å². The van der Waals surface area contributed by atoms with Crippen molar-refractivity contribution in [2.45, 2.75) is 19.9 Å². The van der Waals surface area contributed by atoms with Crippen LogP contribution in [0.1, 0.15) is 25.6 Å². The van der Waals surface area contributed by atoms with Crippen LogP contribution in [0.3, 0.4) is 0 Å². The molecule has 0 aliphatic carbocycles. The van der Waals surface area contributed by atoms with Crippen molar-refractivity contribution in [3.05, 3.63) is 54.2 Å². The topological polar surface area (TPSA) is 82.1 Å². The molecule has 138 valence electrons. The highest BCUT2D eigenvalue weighted by Crippen LogP contribution is 2.32. The fraction of sp³-hybridized carbons (Fsp3) is 0.190. The SMILES string of the molecule is CC(C)N(C)c1nc2cc(C(=O)O)ccc2nc1-c1ccc2cc[nH]c2c1.[HH]. The van der Waals surface area contributed by atoms with Crippen LogP contribution in [-0.2, 0) is 0 Å². The lowest BCUT2D eigenvalue weighted by atomic mass is 10.1. The van der Waals surface area contributed by atoms with Gasteiger partial charge in [-0.25, -0.2) is 14.8 Å². The Labute approximate surface area is 158 Å². The Kier molecular flexibility index (Phi) is 4.03. The molecular formula is C21H22N4O2. The number of rotatable bonds is 4. The molecule has 2 heterocycles. The van der Waals surface area contributed by atoms with Gasteiger partial charge in [0.25, 0.3) is 0 Å². The van der Waals surface area contributed by atoms with Gasteiger partial charge in [0.15, 0.2) is 5.82 Å². The summed E-state index contributed by atoms with van der Waals surface area (Å²) >= 11 is 0. The zero-order chi connectivity index (χ0) is 19.1. The van der Waals surface area contributed by atoms with Crippen molar-refractivity contribution in [3.8, 4) is 11.3 Å². The smallest absolute Gasteiger partial charge is 0.335 e. The zero-order valence-electron chi connectivity index (χ0n) is 15.4. The van der Waals surface area contributed by atoms with E-state index in [0.29, 0.717) is 11.0 Å². The Bertz CT molecular complexity index is 1170. The van der Waals surface area contributed by atoms with Gasteiger partial charge >= 0.3 is 5.97 Å². The molecule has 2 aromatic heterocycles. The third-order valence-electron chi connectivity index (χ3n) is 4.83. The number of fused-ring (bicyclic) bond motifs is 2. The van der Waals surface area contributed by atoms with Crippen LogP contribution in [-0.4, -0.2) is 39.1 Å². The highest BCUT2D eigenvalue weighted by atomic mass is 16.4. The summed E-state index contributed by atoms with van der Waals surface area (Å²) < 4.78 is 0. The van der Waals surface area contributed by atoms with Gasteiger partial charge in [-0.15, -0.1) is 0 Å². The van der Waals surface area contributed by atoms with Crippen molar-refractivity contribution in [2.75, 3.05) is 11.9 Å². The molecule has 0 unspecified atom stereocenters. The Morgan fingerprint density at radius 2 is 1.93 bits per heavy atom. The van der Waals surface area contributed by atoms with E-state index < -0.39 is 5.97 Å². The normalized spacial score (nSPS) is 11.4. The molecule has 4 rings (SSSR count). The fourth-order valence-corrected chi connectivity index (χ4v) is 3.06. The molecule has 2 aromatic carbocycles. The van der Waals surface area contributed by atoms with Gasteiger partial charge < -0.3 is 15.0 Å². The predicted octanol–water partition coefficient (Wildman–Crippen LogP) is 4.57. The Balaban J connectivity index is 0.00000225. The number of nitrogens with zero attached hydrogens (tertiary/aromatic N) is 3. The van der Waals surface area contributed by atoms with Gasteiger partial charge in [-0.1, -0.05) is 12.1 Å². The summed E-state index contributed by atoms with van der Waals surface area (Å²) in [5.74, 6) is -0.246. The first-order chi connectivity index (χ1) is 12.9. The number of nitrogens with one attached hydrogen (secondary N) is 1. The van der Waals surface area contributed by atoms with Crippen LogP contribution < -0.4 is 4.90 Å². The molecule has 0 saturated carbocycles. The number of carboxylic acid groups (broad SMARTS) is 1. The molecule has 6 nitrogen and oxygen atoms in total. The summed E-state index contributed by atoms with van der Waals surface area (Å²) in [5.41, 5.74) is 4.22. The maximum atomic E-state index is 11.3. The molecule has 0 atom stereocenters. The highest BCUT2D eigenvalue weighted by Gasteiger charge is 2.18. The van der Waals surface area contributed by atoms with E-state index in [1.54, 1.807) is 18.2 Å². The number of anilines is 1. The first-order valence-corrected chi connectivity index (χ1v) is 8.79. The van der Waals surface area contributed by atoms with E-state index in [-0.39, 0.29) is 13.0 Å². The third-order valence-corrected chi connectivity index (χ3v) is 4.83. The van der Waals surface area contributed by atoms with E-state index in [4.69, 9.17) is 9.97 Å². The van der Waals surface area contributed by atoms with Crippen LogP contribution in [0.25, 0.3) is 33.2 Å². The summed E-state index contributed by atoms with van der Waals surface area (Å²) in [5, 5.41) is 10.4. The van der Waals surface area contributed by atoms with Crippen molar-refractivity contribution >= 4 is 33.7 Å². The number of aromatic carboxylic acids is 1. The van der Waals surface area contributed by atoms with E-state index in [0.717, 1.165) is 28.0 Å². The summed E-state index contributed by atoms with van der Waals surface area (Å²) in [6.07, 6.45) is 1.91. The van der Waals surface area contributed by atoms with E-state index >= 15 is 0 Å². The summed E-state index contributed by atoms with van der Waals surface area (Å²) in [4.78, 5) is 26.2. The highest BCUT2D eigenvalue weighted by molar-refractivity contribution is 5.94. The number of carboxylic acids is 1. The van der Waals surface area contributed by atoms with Crippen LogP contribution in [0.4, 0.5) is 5.82 Å². The van der Waals surface area contributed by atoms with Gasteiger partial charge in [0.1, 0.15) is 5.69 Å². The molecule has 0 radical (unpaired) electrons. The molecule has 0 amide bonds. The Hall–Kier alpha value is -3.41. The van der Waals surface area contributed by atoms with Crippen molar-refractivity contribution < 1.29 is 11.3 Å². The quantitative estimate of drug-likeness (QED) is 0.556. The lowest BCUT2D eigenvalue weighted by Gasteiger charge is -2.25. The van der Waals surface area contributed by atoms with Crippen molar-refractivity contribution in [1.29, 1.82) is 0 Å². The molecule has 2 N–H and O–H groups in total. The first-order valence-electron chi connectivity index (χ1n) is 8.79. The number of H-pyrrole nitrogens is 1. The van der Waals surface area contributed by atoms with E-state index in [1.165, 1.54) is 0 Å². The number of carbonyl (C=O) groups is 1. The standard InChI is InChI=1S/C21H20N4O2.H2/c1-12(2)25(3)20-19(14-5-4-13-8-9-22-17(13)10-14)23-16-7-6-15(21(26)27)11-18(16)24-20;/h4-12,22H,1-3H3,(H,26,27);1H. The number of aromatic amines is 1. The van der Waals surface area contributed by atoms with Gasteiger partial charge in [0, 0.05) is 31.8 Å². The monoisotopic (exact) mass is 362 g/mol. The molecule has 0 fully saturated rings. The number of aromatic nitrogens is 3. The van der Waals surface area contributed by atoms with E-state index in [1.807, 2.05) is 30.3 Å². The lowest BCUT2D eigenvalue weighted by molar-refractivity contribution is 0.0697. The summed E-state index contributed by atoms with van der Waals surface area (Å²) in [6.45, 7) is 4.16. The van der Waals surface area contributed by atoms with Gasteiger partial charge in [0.05, 0.1) is 16.6 Å². The Morgan fingerprint density at radius 3 is 2.67 bits per heavy atom. The minimum Gasteiger partial charge on any atom is -0.478 e. The number of hydrogen-bond acceptors (Lipinski definition) is 4. The molecular weight excluding hydrogens is 340 g/mol. The number of benzene rings is 2. The third kappa shape index (κ3) is 2.99. The average Bonchev–Trinajstić information content (AvgIpc) is 3.13. The van der Waals surface area contributed by atoms with Gasteiger partial charge in [-0.2, -0.15) is 0 Å². The predicted molar refractivity (Wildman–Crippen MR) is 109 cm³/mol. The van der Waals surface area contributed by atoms with Gasteiger partial charge in [0.2, 0.25) is 0 Å². The Morgan fingerprint density at radius 1 is 1.11 bits per heavy atom. The second-order valence-electron chi connectivity index (χ2n) is 6.89. The second kappa shape index (κ2) is 6.39. The van der Waals surface area contributed by atoms with E-state index in [9.17, 15) is 9.90 Å². The second-order valence-corrected chi connectivity index (χ2v) is 6.89. The first kappa shape index (κ1) is 17.0. The van der Waals surface area contributed by atoms with Crippen LogP contribution in [0.2, 0.25) is 0 Å². The maximum Gasteiger partial charge on any atom is 0.335 e. The van der Waals surface area contributed by atoms with E-state index in [2.05, 4.69) is 31.0 Å². The summed E-state index contributed by atoms with van der Waals surface area (Å²) in [7, 11) is 1.97. The van der Waals surface area contributed by atoms with Crippen molar-refractivity contribution in [3.63, 3.8) is 0 Å². The van der Waals surface area contributed by atoms with Crippen LogP contribution in [0.5, 0.6) is 0 Å². The van der Waals surface area contributed by atoms with Crippen molar-refractivity contribution in [2.24, 2.45) is 0 Å². The molecule has 4 aromatic rings. The molecule has 0 saturated heterocycles. The molecule has 0 spiro atoms. The maximum absolute atomic E-state index is 11.3. The van der Waals surface area contributed by atoms with Crippen LogP contribution in [0.15, 0.2) is 48.7 Å². The summed E-state index contributed by atoms with van der Waals surface area (Å²) in [6, 6.07) is 13.2. The minimum atomic E-state index is -0.973. The zero-order valence-corrected chi connectivity index (χ0v) is 15.4. The fourth-order valence-electron chi connectivity index (χ4n) is 3.06. The molecule has 0 aliphatic heterocycles. The van der Waals surface area contributed by atoms with Crippen molar-refractivity contribution in [1.82, 2.24) is 15.0 Å². The van der Waals surface area contributed by atoms with Crippen LogP contribution in [0, 0.1) is 0 Å².